The Morgan fingerprint density at radius 3 is 2.44 bits per heavy atom. The maximum absolute atomic E-state index is 12.3. The van der Waals surface area contributed by atoms with E-state index < -0.39 is 26.2 Å². The van der Waals surface area contributed by atoms with E-state index in [4.69, 9.17) is 9.16 Å². The lowest BCUT2D eigenvalue weighted by molar-refractivity contribution is -0.143. The number of hydrogen-bond acceptors (Lipinski definition) is 5. The average Bonchev–Trinajstić information content (AvgIpc) is 2.51. The summed E-state index contributed by atoms with van der Waals surface area (Å²) in [6.45, 7) is 11.0. The van der Waals surface area contributed by atoms with E-state index in [1.165, 1.54) is 19.2 Å². The first-order chi connectivity index (χ1) is 11.5. The first-order valence-corrected chi connectivity index (χ1v) is 11.2. The molecule has 2 N–H and O–H groups in total. The number of carbonyl (C=O) groups excluding carboxylic acids is 2. The number of nitrogens with one attached hydrogen (secondary N) is 1. The van der Waals surface area contributed by atoms with Gasteiger partial charge in [-0.15, -0.1) is 0 Å². The van der Waals surface area contributed by atoms with Crippen molar-refractivity contribution in [2.24, 2.45) is 0 Å². The summed E-state index contributed by atoms with van der Waals surface area (Å²) in [6, 6.07) is 5.15. The minimum atomic E-state index is -1.93. The molecule has 1 atom stereocenters. The molecule has 0 saturated carbocycles. The number of esters is 1. The van der Waals surface area contributed by atoms with Crippen molar-refractivity contribution in [3.8, 4) is 5.75 Å². The third-order valence-electron chi connectivity index (χ3n) is 4.57. The minimum absolute atomic E-state index is 0.0106. The molecule has 0 saturated heterocycles. The minimum Gasteiger partial charge on any atom is -0.508 e. The molecule has 0 bridgehead atoms. The Balaban J connectivity index is 2.72. The Morgan fingerprint density at radius 1 is 1.28 bits per heavy atom. The third-order valence-corrected chi connectivity index (χ3v) is 9.11. The molecule has 1 aromatic carbocycles. The molecule has 140 valence electrons. The van der Waals surface area contributed by atoms with E-state index in [0.717, 1.165) is 0 Å². The molecule has 0 radical (unpaired) electrons. The fourth-order valence-electron chi connectivity index (χ4n) is 1.93. The van der Waals surface area contributed by atoms with E-state index in [2.05, 4.69) is 39.2 Å². The van der Waals surface area contributed by atoms with Crippen LogP contribution in [-0.4, -0.2) is 45.1 Å². The van der Waals surface area contributed by atoms with Crippen LogP contribution in [0.4, 0.5) is 0 Å². The number of methoxy groups -OCH3 is 1. The molecule has 25 heavy (non-hydrogen) atoms. The topological polar surface area (TPSA) is 84.9 Å². The molecule has 0 heterocycles. The normalized spacial score (nSPS) is 13.2. The summed E-state index contributed by atoms with van der Waals surface area (Å²) in [5.41, 5.74) is 0.277. The zero-order valence-electron chi connectivity index (χ0n) is 15.9. The van der Waals surface area contributed by atoms with Crippen LogP contribution in [0.3, 0.4) is 0 Å². The van der Waals surface area contributed by atoms with Crippen LogP contribution >= 0.6 is 0 Å². The predicted molar refractivity (Wildman–Crippen MR) is 99.1 cm³/mol. The summed E-state index contributed by atoms with van der Waals surface area (Å²) in [4.78, 5) is 24.3. The smallest absolute Gasteiger partial charge is 0.328 e. The zero-order valence-corrected chi connectivity index (χ0v) is 16.9. The Labute approximate surface area is 150 Å². The first kappa shape index (κ1) is 21.2. The maximum Gasteiger partial charge on any atom is 0.328 e. The lowest BCUT2D eigenvalue weighted by Gasteiger charge is -2.36. The molecule has 1 rings (SSSR count). The Bertz CT molecular complexity index is 610. The number of benzene rings is 1. The molecule has 0 fully saturated rings. The van der Waals surface area contributed by atoms with Gasteiger partial charge in [-0.1, -0.05) is 26.8 Å². The third kappa shape index (κ3) is 6.17. The van der Waals surface area contributed by atoms with Gasteiger partial charge in [0, 0.05) is 18.6 Å². The van der Waals surface area contributed by atoms with Gasteiger partial charge in [-0.05, 0) is 36.3 Å². The van der Waals surface area contributed by atoms with Gasteiger partial charge < -0.3 is 19.6 Å². The van der Waals surface area contributed by atoms with Crippen LogP contribution in [0.25, 0.3) is 0 Å². The maximum atomic E-state index is 12.3. The van der Waals surface area contributed by atoms with Crippen molar-refractivity contribution in [3.63, 3.8) is 0 Å². The second kappa shape index (κ2) is 8.49. The van der Waals surface area contributed by atoms with E-state index in [0.29, 0.717) is 13.0 Å². The van der Waals surface area contributed by atoms with Gasteiger partial charge in [0.05, 0.1) is 7.11 Å². The second-order valence-electron chi connectivity index (χ2n) is 7.50. The zero-order chi connectivity index (χ0) is 19.3. The first-order valence-electron chi connectivity index (χ1n) is 8.29. The van der Waals surface area contributed by atoms with Crippen molar-refractivity contribution >= 4 is 20.2 Å². The van der Waals surface area contributed by atoms with Crippen LogP contribution in [0.2, 0.25) is 18.1 Å². The number of carbonyl (C=O) groups is 2. The molecule has 1 amide bonds. The molecule has 7 heteroatoms. The number of phenols is 1. The van der Waals surface area contributed by atoms with Gasteiger partial charge in [-0.2, -0.15) is 0 Å². The van der Waals surface area contributed by atoms with Crippen molar-refractivity contribution in [1.82, 2.24) is 5.32 Å². The molecular weight excluding hydrogens is 338 g/mol. The Kier molecular flexibility index (Phi) is 7.19. The molecule has 0 unspecified atom stereocenters. The highest BCUT2D eigenvalue weighted by Gasteiger charge is 2.37. The Morgan fingerprint density at radius 2 is 1.92 bits per heavy atom. The van der Waals surface area contributed by atoms with Crippen molar-refractivity contribution in [2.45, 2.75) is 51.4 Å². The van der Waals surface area contributed by atoms with Crippen molar-refractivity contribution in [3.05, 3.63) is 29.8 Å². The molecular formula is C18H29NO5Si. The van der Waals surface area contributed by atoms with Gasteiger partial charge in [0.15, 0.2) is 8.32 Å². The highest BCUT2D eigenvalue weighted by Crippen LogP contribution is 2.36. The summed E-state index contributed by atoms with van der Waals surface area (Å²) in [7, 11) is -0.644. The monoisotopic (exact) mass is 367 g/mol. The highest BCUT2D eigenvalue weighted by atomic mass is 28.4. The predicted octanol–water partition coefficient (Wildman–Crippen LogP) is 3.08. The van der Waals surface area contributed by atoms with Crippen LogP contribution in [-0.2, 0) is 14.0 Å². The lowest BCUT2D eigenvalue weighted by Crippen LogP contribution is -2.45. The fraction of sp³-hybridized carbons (Fsp3) is 0.556. The van der Waals surface area contributed by atoms with Crippen LogP contribution in [0.15, 0.2) is 24.3 Å². The summed E-state index contributed by atoms with van der Waals surface area (Å²) in [5.74, 6) is -0.977. The number of rotatable bonds is 7. The van der Waals surface area contributed by atoms with Gasteiger partial charge in [0.2, 0.25) is 0 Å². The van der Waals surface area contributed by atoms with Crippen molar-refractivity contribution in [1.29, 1.82) is 0 Å². The fourth-order valence-corrected chi connectivity index (χ4v) is 2.99. The van der Waals surface area contributed by atoms with Crippen LogP contribution in [0.5, 0.6) is 5.75 Å². The van der Waals surface area contributed by atoms with E-state index in [9.17, 15) is 14.7 Å². The van der Waals surface area contributed by atoms with E-state index in [1.54, 1.807) is 12.1 Å². The molecule has 6 nitrogen and oxygen atoms in total. The SMILES string of the molecule is COC(=O)[C@H](CCO[Si](C)(C)C(C)(C)C)NC(=O)c1cccc(O)c1. The lowest BCUT2D eigenvalue weighted by atomic mass is 10.1. The van der Waals surface area contributed by atoms with Gasteiger partial charge in [-0.25, -0.2) is 4.79 Å². The molecule has 0 aromatic heterocycles. The van der Waals surface area contributed by atoms with Gasteiger partial charge in [0.1, 0.15) is 11.8 Å². The second-order valence-corrected chi connectivity index (χ2v) is 12.3. The number of aromatic hydroxyl groups is 1. The summed E-state index contributed by atoms with van der Waals surface area (Å²) < 4.78 is 10.8. The largest absolute Gasteiger partial charge is 0.508 e. The van der Waals surface area contributed by atoms with E-state index in [-0.39, 0.29) is 16.4 Å². The number of hydrogen-bond donors (Lipinski definition) is 2. The average molecular weight is 368 g/mol. The molecule has 0 aliphatic rings. The summed E-state index contributed by atoms with van der Waals surface area (Å²) in [6.07, 6.45) is 0.323. The molecule has 1 aromatic rings. The van der Waals surface area contributed by atoms with Gasteiger partial charge in [0.25, 0.3) is 5.91 Å². The highest BCUT2D eigenvalue weighted by molar-refractivity contribution is 6.74. The summed E-state index contributed by atoms with van der Waals surface area (Å²) >= 11 is 0. The molecule has 0 aliphatic heterocycles. The molecule has 0 spiro atoms. The van der Waals surface area contributed by atoms with Crippen LogP contribution in [0, 0.1) is 0 Å². The van der Waals surface area contributed by atoms with E-state index >= 15 is 0 Å². The number of phenolic OH excluding ortho intramolecular Hbond substituents is 1. The molecule has 0 aliphatic carbocycles. The van der Waals surface area contributed by atoms with Crippen LogP contribution < -0.4 is 5.32 Å². The van der Waals surface area contributed by atoms with Gasteiger partial charge >= 0.3 is 5.97 Å². The number of amides is 1. The standard InChI is InChI=1S/C18H29NO5Si/c1-18(2,3)25(5,6)24-11-10-15(17(22)23-4)19-16(21)13-8-7-9-14(20)12-13/h7-9,12,15,20H,10-11H2,1-6H3,(H,19,21)/t15-/m0/s1. The van der Waals surface area contributed by atoms with Gasteiger partial charge in [-0.3, -0.25) is 4.79 Å². The number of ether oxygens (including phenoxy) is 1. The summed E-state index contributed by atoms with van der Waals surface area (Å²) in [5, 5.41) is 12.2. The quantitative estimate of drug-likeness (QED) is 0.571. The van der Waals surface area contributed by atoms with Crippen molar-refractivity contribution < 1.29 is 23.9 Å². The van der Waals surface area contributed by atoms with Crippen LogP contribution in [0.1, 0.15) is 37.6 Å². The van der Waals surface area contributed by atoms with E-state index in [1.807, 2.05) is 0 Å². The Hall–Kier alpha value is -1.86. The van der Waals surface area contributed by atoms with Crippen molar-refractivity contribution in [2.75, 3.05) is 13.7 Å².